The second-order valence-electron chi connectivity index (χ2n) is 10.1. The quantitative estimate of drug-likeness (QED) is 0.263. The highest BCUT2D eigenvalue weighted by molar-refractivity contribution is 6.39. The molecule has 5 rings (SSSR count). The zero-order valence-electron chi connectivity index (χ0n) is 23.5. The number of hydrogen-bond acceptors (Lipinski definition) is 7. The van der Waals surface area contributed by atoms with Gasteiger partial charge < -0.3 is 15.2 Å². The average molecular weight is 623 g/mol. The van der Waals surface area contributed by atoms with Crippen LogP contribution in [0.4, 0.5) is 5.69 Å². The van der Waals surface area contributed by atoms with Gasteiger partial charge in [-0.3, -0.25) is 19.3 Å². The Kier molecular flexibility index (Phi) is 9.10. The van der Waals surface area contributed by atoms with E-state index in [-0.39, 0.29) is 10.6 Å². The molecule has 1 aliphatic rings. The minimum atomic E-state index is -0.823. The van der Waals surface area contributed by atoms with Crippen LogP contribution in [0.3, 0.4) is 0 Å². The van der Waals surface area contributed by atoms with Crippen molar-refractivity contribution in [2.24, 2.45) is 7.05 Å². The number of carbonyl (C=O) groups is 2. The van der Waals surface area contributed by atoms with Crippen molar-refractivity contribution in [1.82, 2.24) is 19.7 Å². The van der Waals surface area contributed by atoms with E-state index in [4.69, 9.17) is 32.9 Å². The van der Waals surface area contributed by atoms with Crippen molar-refractivity contribution in [3.8, 4) is 28.3 Å². The number of benzene rings is 2. The van der Waals surface area contributed by atoms with Gasteiger partial charge in [-0.25, -0.2) is 9.67 Å². The largest absolute Gasteiger partial charge is 0.481 e. The van der Waals surface area contributed by atoms with E-state index in [9.17, 15) is 19.5 Å². The highest BCUT2D eigenvalue weighted by atomic mass is 35.5. The molecule has 1 amide bonds. The Hall–Kier alpha value is -4.25. The fourth-order valence-electron chi connectivity index (χ4n) is 5.24. The number of pyridine rings is 1. The number of hydrogen-bond donors (Lipinski definition) is 2. The molecular weight excluding hydrogens is 593 g/mol. The fourth-order valence-corrected chi connectivity index (χ4v) is 5.84. The molecule has 2 aromatic carbocycles. The normalized spacial score (nSPS) is 15.2. The minimum Gasteiger partial charge on any atom is -0.481 e. The number of aryl methyl sites for hydroxylation is 1. The molecule has 0 saturated carbocycles. The summed E-state index contributed by atoms with van der Waals surface area (Å²) in [5, 5.41) is 16.8. The third-order valence-electron chi connectivity index (χ3n) is 7.47. The first-order valence-corrected chi connectivity index (χ1v) is 14.4. The molecule has 0 aliphatic carbocycles. The molecule has 10 nitrogen and oxygen atoms in total. The molecule has 0 bridgehead atoms. The van der Waals surface area contributed by atoms with E-state index in [2.05, 4.69) is 10.4 Å². The number of piperidine rings is 1. The molecular formula is C31H29Cl2N5O5. The molecule has 0 radical (unpaired) electrons. The Labute approximate surface area is 257 Å². The Morgan fingerprint density at radius 1 is 1.02 bits per heavy atom. The predicted molar refractivity (Wildman–Crippen MR) is 165 cm³/mol. The van der Waals surface area contributed by atoms with E-state index >= 15 is 0 Å². The van der Waals surface area contributed by atoms with Crippen molar-refractivity contribution < 1.29 is 19.4 Å². The molecule has 0 spiro atoms. The van der Waals surface area contributed by atoms with Gasteiger partial charge >= 0.3 is 5.97 Å². The van der Waals surface area contributed by atoms with Gasteiger partial charge in [0.05, 0.1) is 28.5 Å². The van der Waals surface area contributed by atoms with Gasteiger partial charge in [0.25, 0.3) is 11.5 Å². The van der Waals surface area contributed by atoms with E-state index in [0.717, 1.165) is 23.1 Å². The SMILES string of the molecule is COc1nc(-c2cccc(-c3cccc(NC(=O)c4ccnn(C)c4=O)c3Cl)c2Cl)ccc1CN1CCCCC1C(=O)O. The van der Waals surface area contributed by atoms with E-state index in [1.54, 1.807) is 18.2 Å². The van der Waals surface area contributed by atoms with E-state index < -0.39 is 23.5 Å². The summed E-state index contributed by atoms with van der Waals surface area (Å²) in [7, 11) is 2.99. The fraction of sp³-hybridized carbons (Fsp3) is 0.258. The topological polar surface area (TPSA) is 127 Å². The number of nitrogens with one attached hydrogen (secondary N) is 1. The number of ether oxygens (including phenoxy) is 1. The minimum absolute atomic E-state index is 0.0683. The van der Waals surface area contributed by atoms with Crippen LogP contribution in [0.5, 0.6) is 5.88 Å². The monoisotopic (exact) mass is 621 g/mol. The lowest BCUT2D eigenvalue weighted by atomic mass is 9.99. The number of anilines is 1. The van der Waals surface area contributed by atoms with Crippen LogP contribution in [0, 0.1) is 0 Å². The van der Waals surface area contributed by atoms with Crippen molar-refractivity contribution in [1.29, 1.82) is 0 Å². The van der Waals surface area contributed by atoms with Crippen LogP contribution in [0.15, 0.2) is 65.6 Å². The summed E-state index contributed by atoms with van der Waals surface area (Å²) >= 11 is 13.7. The summed E-state index contributed by atoms with van der Waals surface area (Å²) in [6.07, 6.45) is 3.81. The van der Waals surface area contributed by atoms with Crippen LogP contribution >= 0.6 is 23.2 Å². The molecule has 1 saturated heterocycles. The molecule has 4 aromatic rings. The van der Waals surface area contributed by atoms with Crippen LogP contribution in [-0.4, -0.2) is 56.3 Å². The van der Waals surface area contributed by atoms with Gasteiger partial charge in [0.2, 0.25) is 5.88 Å². The summed E-state index contributed by atoms with van der Waals surface area (Å²) in [5.74, 6) is -1.05. The van der Waals surface area contributed by atoms with Crippen LogP contribution in [0.1, 0.15) is 35.2 Å². The molecule has 43 heavy (non-hydrogen) atoms. The number of rotatable bonds is 8. The lowest BCUT2D eigenvalue weighted by molar-refractivity contribution is -0.144. The van der Waals surface area contributed by atoms with Gasteiger partial charge in [0.15, 0.2) is 0 Å². The molecule has 2 aromatic heterocycles. The maximum absolute atomic E-state index is 12.9. The van der Waals surface area contributed by atoms with Gasteiger partial charge in [-0.05, 0) is 37.6 Å². The zero-order chi connectivity index (χ0) is 30.7. The van der Waals surface area contributed by atoms with Crippen LogP contribution < -0.4 is 15.6 Å². The predicted octanol–water partition coefficient (Wildman–Crippen LogP) is 5.52. The van der Waals surface area contributed by atoms with Crippen LogP contribution in [-0.2, 0) is 18.4 Å². The molecule has 3 heterocycles. The first-order chi connectivity index (χ1) is 20.7. The molecule has 1 aliphatic heterocycles. The molecule has 2 N–H and O–H groups in total. The van der Waals surface area contributed by atoms with Gasteiger partial charge in [0.1, 0.15) is 11.6 Å². The molecule has 1 fully saturated rings. The maximum Gasteiger partial charge on any atom is 0.320 e. The summed E-state index contributed by atoms with van der Waals surface area (Å²) < 4.78 is 6.68. The molecule has 1 atom stereocenters. The van der Waals surface area contributed by atoms with Crippen LogP contribution in [0.2, 0.25) is 10.0 Å². The number of carboxylic acids is 1. The van der Waals surface area contributed by atoms with Crippen molar-refractivity contribution in [2.75, 3.05) is 19.0 Å². The first kappa shape index (κ1) is 30.2. The van der Waals surface area contributed by atoms with Gasteiger partial charge in [-0.1, -0.05) is 66.0 Å². The van der Waals surface area contributed by atoms with E-state index in [1.807, 2.05) is 35.2 Å². The Bertz CT molecular complexity index is 1760. The van der Waals surface area contributed by atoms with Crippen LogP contribution in [0.25, 0.3) is 22.4 Å². The summed E-state index contributed by atoms with van der Waals surface area (Å²) in [6.45, 7) is 1.09. The van der Waals surface area contributed by atoms with Gasteiger partial charge in [-0.2, -0.15) is 5.10 Å². The lowest BCUT2D eigenvalue weighted by Gasteiger charge is -2.33. The number of carbonyl (C=O) groups excluding carboxylic acids is 1. The third kappa shape index (κ3) is 6.27. The third-order valence-corrected chi connectivity index (χ3v) is 8.28. The lowest BCUT2D eigenvalue weighted by Crippen LogP contribution is -2.44. The summed E-state index contributed by atoms with van der Waals surface area (Å²) in [6, 6.07) is 15.1. The van der Waals surface area contributed by atoms with Crippen molar-refractivity contribution in [3.63, 3.8) is 0 Å². The zero-order valence-corrected chi connectivity index (χ0v) is 25.0. The Morgan fingerprint density at radius 2 is 1.74 bits per heavy atom. The maximum atomic E-state index is 12.9. The van der Waals surface area contributed by atoms with E-state index in [0.29, 0.717) is 58.5 Å². The molecule has 12 heteroatoms. The summed E-state index contributed by atoms with van der Waals surface area (Å²) in [5.41, 5.74) is 2.88. The second kappa shape index (κ2) is 12.9. The average Bonchev–Trinajstić information content (AvgIpc) is 3.00. The highest BCUT2D eigenvalue weighted by Gasteiger charge is 2.29. The number of halogens is 2. The number of aromatic nitrogens is 3. The van der Waals surface area contributed by atoms with Crippen molar-refractivity contribution in [2.45, 2.75) is 31.8 Å². The summed E-state index contributed by atoms with van der Waals surface area (Å²) in [4.78, 5) is 43.6. The number of amides is 1. The second-order valence-corrected chi connectivity index (χ2v) is 10.9. The van der Waals surface area contributed by atoms with Crippen molar-refractivity contribution >= 4 is 40.8 Å². The highest BCUT2D eigenvalue weighted by Crippen LogP contribution is 2.41. The Morgan fingerprint density at radius 3 is 2.49 bits per heavy atom. The number of nitrogens with zero attached hydrogens (tertiary/aromatic N) is 4. The van der Waals surface area contributed by atoms with Gasteiger partial charge in [-0.15, -0.1) is 0 Å². The standard InChI is InChI=1S/C31H29Cl2N5O5/c1-37-30(40)22(14-15-34-37)28(39)35-24-10-6-8-20(27(24)33)19-7-5-9-21(26(19)32)23-13-12-18(29(36-23)43-2)17-38-16-4-3-11-25(38)31(41)42/h5-10,12-15,25H,3-4,11,16-17H2,1-2H3,(H,35,39)(H,41,42). The molecule has 222 valence electrons. The van der Waals surface area contributed by atoms with Gasteiger partial charge in [0, 0.05) is 42.0 Å². The number of carboxylic acid groups (broad SMARTS) is 1. The van der Waals surface area contributed by atoms with Crippen molar-refractivity contribution in [3.05, 3.63) is 92.3 Å². The smallest absolute Gasteiger partial charge is 0.320 e. The molecule has 1 unspecified atom stereocenters. The number of methoxy groups -OCH3 is 1. The number of likely N-dealkylation sites (tertiary alicyclic amines) is 1. The Balaban J connectivity index is 1.44. The number of aliphatic carboxylic acids is 1. The first-order valence-electron chi connectivity index (χ1n) is 13.6. The van der Waals surface area contributed by atoms with E-state index in [1.165, 1.54) is 26.4 Å².